The lowest BCUT2D eigenvalue weighted by Crippen LogP contribution is -2.32. The van der Waals surface area contributed by atoms with E-state index >= 15 is 0 Å². The zero-order chi connectivity index (χ0) is 27.8. The minimum absolute atomic E-state index is 0.0513. The van der Waals surface area contributed by atoms with Crippen molar-refractivity contribution in [3.8, 4) is 11.5 Å². The monoisotopic (exact) mass is 524 g/mol. The average molecular weight is 525 g/mol. The maximum atomic E-state index is 13.6. The van der Waals surface area contributed by atoms with E-state index in [-0.39, 0.29) is 41.3 Å². The molecule has 0 fully saturated rings. The third-order valence-corrected chi connectivity index (χ3v) is 6.10. The van der Waals surface area contributed by atoms with Gasteiger partial charge in [0.05, 0.1) is 24.7 Å². The molecule has 8 nitrogen and oxygen atoms in total. The Labute approximate surface area is 226 Å². The average Bonchev–Trinajstić information content (AvgIpc) is 2.95. The smallest absolute Gasteiger partial charge is 0.338 e. The number of carbonyl (C=O) groups excluding carboxylic acids is 2. The van der Waals surface area contributed by atoms with Crippen molar-refractivity contribution in [1.82, 2.24) is 4.90 Å². The Morgan fingerprint density at radius 2 is 1.33 bits per heavy atom. The number of carboxylic acids is 1. The Morgan fingerprint density at radius 1 is 0.769 bits per heavy atom. The maximum Gasteiger partial charge on any atom is 0.338 e. The molecule has 0 saturated carbocycles. The summed E-state index contributed by atoms with van der Waals surface area (Å²) in [4.78, 5) is 39.4. The number of para-hydroxylation sites is 1. The van der Waals surface area contributed by atoms with Crippen molar-refractivity contribution in [3.05, 3.63) is 125 Å². The van der Waals surface area contributed by atoms with Gasteiger partial charge in [-0.25, -0.2) is 9.59 Å². The van der Waals surface area contributed by atoms with Gasteiger partial charge in [0, 0.05) is 18.8 Å². The number of nitrogen functional groups attached to an aromatic ring is 1. The van der Waals surface area contributed by atoms with Crippen molar-refractivity contribution >= 4 is 23.5 Å². The lowest BCUT2D eigenvalue weighted by molar-refractivity contribution is -0.131. The van der Waals surface area contributed by atoms with Crippen LogP contribution in [-0.4, -0.2) is 35.0 Å². The molecule has 0 atom stereocenters. The first kappa shape index (κ1) is 26.9. The zero-order valence-corrected chi connectivity index (χ0v) is 21.4. The molecule has 1 amide bonds. The lowest BCUT2D eigenvalue weighted by atomic mass is 9.98. The van der Waals surface area contributed by atoms with E-state index in [1.807, 2.05) is 84.9 Å². The van der Waals surface area contributed by atoms with E-state index in [2.05, 4.69) is 0 Å². The van der Waals surface area contributed by atoms with Crippen molar-refractivity contribution in [2.45, 2.75) is 19.5 Å². The quantitative estimate of drug-likeness (QED) is 0.213. The second-order valence-electron chi connectivity index (χ2n) is 8.86. The molecule has 0 saturated heterocycles. The lowest BCUT2D eigenvalue weighted by Gasteiger charge is -2.24. The van der Waals surface area contributed by atoms with Crippen LogP contribution in [0.3, 0.4) is 0 Å². The standard InChI is InChI=1S/C31H28N2O6/c1-38-31(37)26-18-28(32)27(30(35)36)16-23(26)17-29(34)33(19-21-8-4-2-5-9-21)20-22-12-14-25(15-13-22)39-24-10-6-3-7-11-24/h2-16,18H,17,19-20,32H2,1H3,(H,35,36). The molecule has 0 unspecified atom stereocenters. The molecule has 8 heteroatoms. The van der Waals surface area contributed by atoms with Crippen LogP contribution in [0.1, 0.15) is 37.4 Å². The largest absolute Gasteiger partial charge is 0.478 e. The predicted octanol–water partition coefficient (Wildman–Crippen LogP) is 5.32. The highest BCUT2D eigenvalue weighted by Gasteiger charge is 2.23. The number of anilines is 1. The minimum atomic E-state index is -1.25. The molecule has 4 aromatic rings. The van der Waals surface area contributed by atoms with Gasteiger partial charge < -0.3 is 25.2 Å². The molecule has 198 valence electrons. The van der Waals surface area contributed by atoms with Gasteiger partial charge in [-0.2, -0.15) is 0 Å². The van der Waals surface area contributed by atoms with Gasteiger partial charge in [0.25, 0.3) is 0 Å². The molecule has 0 bridgehead atoms. The van der Waals surface area contributed by atoms with Crippen LogP contribution in [0.5, 0.6) is 11.5 Å². The Bertz CT molecular complexity index is 1450. The van der Waals surface area contributed by atoms with Crippen LogP contribution in [0, 0.1) is 0 Å². The van der Waals surface area contributed by atoms with E-state index in [4.69, 9.17) is 15.2 Å². The van der Waals surface area contributed by atoms with E-state index < -0.39 is 11.9 Å². The Hall–Kier alpha value is -5.11. The number of aromatic carboxylic acids is 1. The van der Waals surface area contributed by atoms with E-state index in [1.165, 1.54) is 19.2 Å². The number of methoxy groups -OCH3 is 1. The van der Waals surface area contributed by atoms with Crippen LogP contribution >= 0.6 is 0 Å². The highest BCUT2D eigenvalue weighted by molar-refractivity contribution is 5.99. The van der Waals surface area contributed by atoms with Crippen molar-refractivity contribution in [2.75, 3.05) is 12.8 Å². The molecule has 0 spiro atoms. The SMILES string of the molecule is COC(=O)c1cc(N)c(C(=O)O)cc1CC(=O)N(Cc1ccccc1)Cc1ccc(Oc2ccccc2)cc1. The summed E-state index contributed by atoms with van der Waals surface area (Å²) in [6, 6.07) is 28.9. The molecule has 0 radical (unpaired) electrons. The molecule has 4 rings (SSSR count). The zero-order valence-electron chi connectivity index (χ0n) is 21.4. The summed E-state index contributed by atoms with van der Waals surface area (Å²) in [5.74, 6) is -0.871. The van der Waals surface area contributed by atoms with Crippen molar-refractivity contribution < 1.29 is 29.0 Å². The summed E-state index contributed by atoms with van der Waals surface area (Å²) in [6.07, 6.45) is -0.215. The molecule has 3 N–H and O–H groups in total. The molecule has 0 aliphatic rings. The van der Waals surface area contributed by atoms with E-state index in [0.29, 0.717) is 12.3 Å². The highest BCUT2D eigenvalue weighted by atomic mass is 16.5. The van der Waals surface area contributed by atoms with Crippen LogP contribution in [0.15, 0.2) is 97.1 Å². The number of ether oxygens (including phenoxy) is 2. The fourth-order valence-corrected chi connectivity index (χ4v) is 4.11. The van der Waals surface area contributed by atoms with Gasteiger partial charge in [0.1, 0.15) is 11.5 Å². The molecule has 0 heterocycles. The number of nitrogens with two attached hydrogens (primary N) is 1. The summed E-state index contributed by atoms with van der Waals surface area (Å²) in [6.45, 7) is 0.601. The fourth-order valence-electron chi connectivity index (χ4n) is 4.11. The first-order chi connectivity index (χ1) is 18.8. The van der Waals surface area contributed by atoms with Crippen molar-refractivity contribution in [3.63, 3.8) is 0 Å². The van der Waals surface area contributed by atoms with Crippen molar-refractivity contribution in [2.24, 2.45) is 0 Å². The first-order valence-electron chi connectivity index (χ1n) is 12.2. The Balaban J connectivity index is 1.59. The van der Waals surface area contributed by atoms with E-state index in [0.717, 1.165) is 16.9 Å². The number of amides is 1. The van der Waals surface area contributed by atoms with Crippen LogP contribution < -0.4 is 10.5 Å². The third-order valence-electron chi connectivity index (χ3n) is 6.10. The maximum absolute atomic E-state index is 13.6. The number of benzene rings is 4. The minimum Gasteiger partial charge on any atom is -0.478 e. The van der Waals surface area contributed by atoms with Gasteiger partial charge in [-0.1, -0.05) is 60.7 Å². The van der Waals surface area contributed by atoms with E-state index in [1.54, 1.807) is 4.90 Å². The summed E-state index contributed by atoms with van der Waals surface area (Å²) in [5, 5.41) is 9.52. The third kappa shape index (κ3) is 7.01. The van der Waals surface area contributed by atoms with Crippen LogP contribution in [-0.2, 0) is 29.0 Å². The van der Waals surface area contributed by atoms with Crippen LogP contribution in [0.2, 0.25) is 0 Å². The second kappa shape index (κ2) is 12.4. The van der Waals surface area contributed by atoms with Crippen LogP contribution in [0.25, 0.3) is 0 Å². The summed E-state index contributed by atoms with van der Waals surface area (Å²) in [5.41, 5.74) is 7.64. The molecule has 0 aliphatic carbocycles. The number of esters is 1. The first-order valence-corrected chi connectivity index (χ1v) is 12.2. The number of carbonyl (C=O) groups is 3. The van der Waals surface area contributed by atoms with Gasteiger partial charge in [0.2, 0.25) is 5.91 Å². The number of hydrogen-bond donors (Lipinski definition) is 2. The normalized spacial score (nSPS) is 10.5. The van der Waals surface area contributed by atoms with Crippen molar-refractivity contribution in [1.29, 1.82) is 0 Å². The van der Waals surface area contributed by atoms with Gasteiger partial charge >= 0.3 is 11.9 Å². The number of hydrogen-bond acceptors (Lipinski definition) is 6. The Kier molecular flexibility index (Phi) is 8.58. The molecule has 0 aliphatic heterocycles. The van der Waals surface area contributed by atoms with Gasteiger partial charge in [-0.05, 0) is 53.1 Å². The van der Waals surface area contributed by atoms with Gasteiger partial charge in [-0.3, -0.25) is 4.79 Å². The topological polar surface area (TPSA) is 119 Å². The summed E-state index contributed by atoms with van der Waals surface area (Å²) < 4.78 is 10.7. The number of carboxylic acid groups (broad SMARTS) is 1. The van der Waals surface area contributed by atoms with Gasteiger partial charge in [0.15, 0.2) is 0 Å². The van der Waals surface area contributed by atoms with Gasteiger partial charge in [-0.15, -0.1) is 0 Å². The molecular weight excluding hydrogens is 496 g/mol. The summed E-state index contributed by atoms with van der Waals surface area (Å²) >= 11 is 0. The second-order valence-corrected chi connectivity index (χ2v) is 8.86. The number of rotatable bonds is 10. The van der Waals surface area contributed by atoms with Crippen LogP contribution in [0.4, 0.5) is 5.69 Å². The van der Waals surface area contributed by atoms with E-state index in [9.17, 15) is 19.5 Å². The number of nitrogens with zero attached hydrogens (tertiary/aromatic N) is 1. The molecule has 39 heavy (non-hydrogen) atoms. The molecular formula is C31H28N2O6. The fraction of sp³-hybridized carbons (Fsp3) is 0.129. The molecule has 0 aromatic heterocycles. The highest BCUT2D eigenvalue weighted by Crippen LogP contribution is 2.24. The molecule has 4 aromatic carbocycles. The Morgan fingerprint density at radius 3 is 1.92 bits per heavy atom. The summed E-state index contributed by atoms with van der Waals surface area (Å²) in [7, 11) is 1.21. The predicted molar refractivity (Wildman–Crippen MR) is 147 cm³/mol.